The Labute approximate surface area is 124 Å². The number of piperidine rings is 1. The minimum absolute atomic E-state index is 0. The van der Waals surface area contributed by atoms with Crippen molar-refractivity contribution < 1.29 is 4.79 Å². The smallest absolute Gasteiger partial charge is 0.234 e. The van der Waals surface area contributed by atoms with E-state index in [1.807, 2.05) is 7.05 Å². The van der Waals surface area contributed by atoms with Gasteiger partial charge < -0.3 is 10.6 Å². The molecule has 1 aliphatic rings. The largest absolute Gasteiger partial charge is 0.355 e. The third kappa shape index (κ3) is 8.45. The summed E-state index contributed by atoms with van der Waals surface area (Å²) in [5.74, 6) is 1.55. The number of likely N-dealkylation sites (tertiary alicyclic amines) is 1. The van der Waals surface area contributed by atoms with E-state index in [1.54, 1.807) is 0 Å². The Morgan fingerprint density at radius 2 is 1.95 bits per heavy atom. The predicted octanol–water partition coefficient (Wildman–Crippen LogP) is 1.50. The summed E-state index contributed by atoms with van der Waals surface area (Å²) in [4.78, 5) is 14.0. The quantitative estimate of drug-likeness (QED) is 0.747. The molecule has 19 heavy (non-hydrogen) atoms. The average Bonchev–Trinajstić information content (AvgIpc) is 2.35. The highest BCUT2D eigenvalue weighted by Crippen LogP contribution is 2.19. The van der Waals surface area contributed by atoms with Crippen LogP contribution in [0.15, 0.2) is 0 Å². The fourth-order valence-electron chi connectivity index (χ4n) is 2.36. The van der Waals surface area contributed by atoms with Crippen LogP contribution in [-0.2, 0) is 4.79 Å². The molecule has 1 aliphatic heterocycles. The minimum Gasteiger partial charge on any atom is -0.355 e. The van der Waals surface area contributed by atoms with E-state index in [2.05, 4.69) is 29.4 Å². The van der Waals surface area contributed by atoms with Gasteiger partial charge in [-0.25, -0.2) is 0 Å². The summed E-state index contributed by atoms with van der Waals surface area (Å²) in [7, 11) is 2.01. The zero-order valence-corrected chi connectivity index (χ0v) is 13.4. The number of hydrogen-bond acceptors (Lipinski definition) is 3. The van der Waals surface area contributed by atoms with Gasteiger partial charge in [-0.15, -0.1) is 12.4 Å². The molecule has 0 radical (unpaired) electrons. The summed E-state index contributed by atoms with van der Waals surface area (Å²) in [6.45, 7) is 8.86. The van der Waals surface area contributed by atoms with Crippen molar-refractivity contribution in [1.82, 2.24) is 15.5 Å². The van der Waals surface area contributed by atoms with Crippen molar-refractivity contribution in [2.75, 3.05) is 39.8 Å². The second-order valence-electron chi connectivity index (χ2n) is 5.81. The first kappa shape index (κ1) is 18.7. The lowest BCUT2D eigenvalue weighted by Gasteiger charge is -2.31. The van der Waals surface area contributed by atoms with Gasteiger partial charge in [0, 0.05) is 6.54 Å². The van der Waals surface area contributed by atoms with Gasteiger partial charge in [-0.3, -0.25) is 9.69 Å². The summed E-state index contributed by atoms with van der Waals surface area (Å²) in [5.41, 5.74) is 0. The standard InChI is InChI=1S/C14H29N3O.ClH/c1-12(2)10-16-14(18)11-17-8-5-13(6-9-17)4-7-15-3;/h12-13,15H,4-11H2,1-3H3,(H,16,18);1H. The highest BCUT2D eigenvalue weighted by atomic mass is 35.5. The number of carbonyl (C=O) groups excluding carboxylic acids is 1. The number of halogens is 1. The zero-order valence-electron chi connectivity index (χ0n) is 12.6. The fraction of sp³-hybridized carbons (Fsp3) is 0.929. The van der Waals surface area contributed by atoms with Crippen LogP contribution in [0, 0.1) is 11.8 Å². The van der Waals surface area contributed by atoms with Gasteiger partial charge in [0.15, 0.2) is 0 Å². The summed E-state index contributed by atoms with van der Waals surface area (Å²) in [6, 6.07) is 0. The van der Waals surface area contributed by atoms with E-state index in [0.29, 0.717) is 12.5 Å². The van der Waals surface area contributed by atoms with Gasteiger partial charge in [0.2, 0.25) is 5.91 Å². The lowest BCUT2D eigenvalue weighted by atomic mass is 9.93. The molecule has 1 fully saturated rings. The van der Waals surface area contributed by atoms with Crippen LogP contribution in [0.1, 0.15) is 33.1 Å². The normalized spacial score (nSPS) is 17.3. The summed E-state index contributed by atoms with van der Waals surface area (Å²) < 4.78 is 0. The topological polar surface area (TPSA) is 44.4 Å². The van der Waals surface area contributed by atoms with Crippen LogP contribution < -0.4 is 10.6 Å². The molecule has 0 saturated carbocycles. The van der Waals surface area contributed by atoms with Gasteiger partial charge in [-0.2, -0.15) is 0 Å². The monoisotopic (exact) mass is 291 g/mol. The predicted molar refractivity (Wildman–Crippen MR) is 82.8 cm³/mol. The molecule has 114 valence electrons. The van der Waals surface area contributed by atoms with Crippen molar-refractivity contribution in [2.24, 2.45) is 11.8 Å². The van der Waals surface area contributed by atoms with Crippen LogP contribution in [0.3, 0.4) is 0 Å². The van der Waals surface area contributed by atoms with E-state index in [1.165, 1.54) is 19.3 Å². The van der Waals surface area contributed by atoms with Gasteiger partial charge in [0.25, 0.3) is 0 Å². The van der Waals surface area contributed by atoms with Gasteiger partial charge in [0.1, 0.15) is 0 Å². The Hall–Kier alpha value is -0.320. The molecule has 0 atom stereocenters. The summed E-state index contributed by atoms with van der Waals surface area (Å²) in [5, 5.41) is 6.19. The second-order valence-corrected chi connectivity index (χ2v) is 5.81. The maximum Gasteiger partial charge on any atom is 0.234 e. The number of rotatable bonds is 7. The van der Waals surface area contributed by atoms with Crippen molar-refractivity contribution in [3.05, 3.63) is 0 Å². The van der Waals surface area contributed by atoms with Crippen LogP contribution in [0.25, 0.3) is 0 Å². The van der Waals surface area contributed by atoms with Crippen LogP contribution in [0.4, 0.5) is 0 Å². The third-order valence-electron chi connectivity index (χ3n) is 3.58. The molecule has 0 aromatic carbocycles. The van der Waals surface area contributed by atoms with Crippen LogP contribution in [0.5, 0.6) is 0 Å². The number of hydrogen-bond donors (Lipinski definition) is 2. The number of amides is 1. The molecule has 0 bridgehead atoms. The van der Waals surface area contributed by atoms with Crippen molar-refractivity contribution in [3.8, 4) is 0 Å². The average molecular weight is 292 g/mol. The van der Waals surface area contributed by atoms with Gasteiger partial charge in [-0.05, 0) is 57.8 Å². The maximum absolute atomic E-state index is 11.7. The molecular weight excluding hydrogens is 262 g/mol. The summed E-state index contributed by atoms with van der Waals surface area (Å²) in [6.07, 6.45) is 3.74. The van der Waals surface area contributed by atoms with Crippen LogP contribution in [-0.4, -0.2) is 50.6 Å². The Balaban J connectivity index is 0.00000324. The van der Waals surface area contributed by atoms with E-state index in [4.69, 9.17) is 0 Å². The van der Waals surface area contributed by atoms with E-state index >= 15 is 0 Å². The van der Waals surface area contributed by atoms with Crippen molar-refractivity contribution in [1.29, 1.82) is 0 Å². The number of nitrogens with zero attached hydrogens (tertiary/aromatic N) is 1. The van der Waals surface area contributed by atoms with E-state index < -0.39 is 0 Å². The van der Waals surface area contributed by atoms with Crippen molar-refractivity contribution in [2.45, 2.75) is 33.1 Å². The Morgan fingerprint density at radius 3 is 2.47 bits per heavy atom. The third-order valence-corrected chi connectivity index (χ3v) is 3.58. The molecule has 1 rings (SSSR count). The van der Waals surface area contributed by atoms with Gasteiger partial charge in [-0.1, -0.05) is 13.8 Å². The lowest BCUT2D eigenvalue weighted by Crippen LogP contribution is -2.42. The van der Waals surface area contributed by atoms with Crippen LogP contribution >= 0.6 is 12.4 Å². The molecule has 0 spiro atoms. The molecule has 0 aromatic heterocycles. The Kier molecular flexibility index (Phi) is 10.3. The first-order valence-corrected chi connectivity index (χ1v) is 7.25. The van der Waals surface area contributed by atoms with Crippen molar-refractivity contribution in [3.63, 3.8) is 0 Å². The number of nitrogens with one attached hydrogen (secondary N) is 2. The highest BCUT2D eigenvalue weighted by Gasteiger charge is 2.20. The first-order chi connectivity index (χ1) is 8.61. The molecule has 0 aromatic rings. The van der Waals surface area contributed by atoms with Crippen LogP contribution in [0.2, 0.25) is 0 Å². The highest BCUT2D eigenvalue weighted by molar-refractivity contribution is 5.85. The van der Waals surface area contributed by atoms with Crippen molar-refractivity contribution >= 4 is 18.3 Å². The zero-order chi connectivity index (χ0) is 13.4. The van der Waals surface area contributed by atoms with Gasteiger partial charge in [0.05, 0.1) is 6.54 Å². The molecule has 2 N–H and O–H groups in total. The molecular formula is C14H30ClN3O. The SMILES string of the molecule is CNCCC1CCN(CC(=O)NCC(C)C)CC1.Cl. The number of carbonyl (C=O) groups is 1. The van der Waals surface area contributed by atoms with Gasteiger partial charge >= 0.3 is 0 Å². The molecule has 4 nitrogen and oxygen atoms in total. The Morgan fingerprint density at radius 1 is 1.32 bits per heavy atom. The maximum atomic E-state index is 11.7. The molecule has 0 unspecified atom stereocenters. The Bertz CT molecular complexity index is 241. The lowest BCUT2D eigenvalue weighted by molar-refractivity contribution is -0.122. The molecule has 1 heterocycles. The fourth-order valence-corrected chi connectivity index (χ4v) is 2.36. The first-order valence-electron chi connectivity index (χ1n) is 7.25. The molecule has 1 saturated heterocycles. The van der Waals surface area contributed by atoms with E-state index in [-0.39, 0.29) is 18.3 Å². The minimum atomic E-state index is 0. The van der Waals surface area contributed by atoms with E-state index in [9.17, 15) is 4.79 Å². The summed E-state index contributed by atoms with van der Waals surface area (Å²) >= 11 is 0. The second kappa shape index (κ2) is 10.5. The molecule has 0 aliphatic carbocycles. The molecule has 1 amide bonds. The molecule has 5 heteroatoms. The van der Waals surface area contributed by atoms with E-state index in [0.717, 1.165) is 32.1 Å².